The maximum atomic E-state index is 12.8. The van der Waals surface area contributed by atoms with Gasteiger partial charge in [-0.05, 0) is 63.4 Å². The number of hydrogen-bond donors (Lipinski definition) is 1. The smallest absolute Gasteiger partial charge is 0.247 e. The Hall–Kier alpha value is -2.67. The number of piperidine rings is 1. The molecule has 1 saturated heterocycles. The van der Waals surface area contributed by atoms with Crippen LogP contribution in [0.1, 0.15) is 37.1 Å². The minimum atomic E-state index is -0.422. The highest BCUT2D eigenvalue weighted by molar-refractivity contribution is 5.97. The molecular formula is C21H28N4O3. The molecule has 1 N–H and O–H groups in total. The summed E-state index contributed by atoms with van der Waals surface area (Å²) < 4.78 is 6.87. The first-order chi connectivity index (χ1) is 13.5. The van der Waals surface area contributed by atoms with Crippen LogP contribution in [-0.4, -0.2) is 52.8 Å². The van der Waals surface area contributed by atoms with Crippen molar-refractivity contribution in [2.45, 2.75) is 45.6 Å². The number of hydrogen-bond acceptors (Lipinski definition) is 4. The Balaban J connectivity index is 1.67. The lowest BCUT2D eigenvalue weighted by Gasteiger charge is -2.34. The first-order valence-corrected chi connectivity index (χ1v) is 9.72. The summed E-state index contributed by atoms with van der Waals surface area (Å²) in [5.41, 5.74) is 3.68. The van der Waals surface area contributed by atoms with Gasteiger partial charge >= 0.3 is 0 Å². The van der Waals surface area contributed by atoms with Gasteiger partial charge in [-0.2, -0.15) is 5.10 Å². The van der Waals surface area contributed by atoms with Crippen molar-refractivity contribution in [3.8, 4) is 5.69 Å². The van der Waals surface area contributed by atoms with E-state index in [1.54, 1.807) is 12.0 Å². The number of likely N-dealkylation sites (tertiary alicyclic amines) is 1. The minimum absolute atomic E-state index is 0.0263. The number of anilines is 1. The highest BCUT2D eigenvalue weighted by Gasteiger charge is 2.31. The number of amides is 2. The second kappa shape index (κ2) is 9.01. The molecule has 2 heterocycles. The fourth-order valence-corrected chi connectivity index (χ4v) is 3.64. The summed E-state index contributed by atoms with van der Waals surface area (Å²) in [6.45, 7) is 4.96. The molecule has 0 radical (unpaired) electrons. The third-order valence-corrected chi connectivity index (χ3v) is 5.03. The third-order valence-electron chi connectivity index (χ3n) is 5.03. The Morgan fingerprint density at radius 1 is 1.21 bits per heavy atom. The van der Waals surface area contributed by atoms with Crippen molar-refractivity contribution in [3.63, 3.8) is 0 Å². The second-order valence-electron chi connectivity index (χ2n) is 7.22. The van der Waals surface area contributed by atoms with Crippen LogP contribution in [0.5, 0.6) is 0 Å². The molecule has 150 valence electrons. The molecule has 2 aromatic rings. The number of aryl methyl sites for hydroxylation is 2. The van der Waals surface area contributed by atoms with Crippen LogP contribution in [0.2, 0.25) is 0 Å². The van der Waals surface area contributed by atoms with Crippen molar-refractivity contribution >= 4 is 17.5 Å². The van der Waals surface area contributed by atoms with Crippen LogP contribution >= 0.6 is 0 Å². The molecule has 28 heavy (non-hydrogen) atoms. The molecule has 3 rings (SSSR count). The summed E-state index contributed by atoms with van der Waals surface area (Å²) in [6.07, 6.45) is 2.87. The van der Waals surface area contributed by atoms with Gasteiger partial charge in [-0.3, -0.25) is 9.59 Å². The van der Waals surface area contributed by atoms with Gasteiger partial charge in [0.05, 0.1) is 24.4 Å². The number of nitrogens with one attached hydrogen (secondary N) is 1. The number of nitrogens with zero attached hydrogens (tertiary/aromatic N) is 3. The van der Waals surface area contributed by atoms with E-state index >= 15 is 0 Å². The lowest BCUT2D eigenvalue weighted by atomic mass is 10.0. The maximum absolute atomic E-state index is 12.8. The minimum Gasteiger partial charge on any atom is -0.384 e. The zero-order valence-electron chi connectivity index (χ0n) is 16.8. The quantitative estimate of drug-likeness (QED) is 0.831. The van der Waals surface area contributed by atoms with Gasteiger partial charge in [0.2, 0.25) is 11.8 Å². The van der Waals surface area contributed by atoms with Crippen molar-refractivity contribution in [3.05, 3.63) is 41.7 Å². The third kappa shape index (κ3) is 4.59. The Bertz CT molecular complexity index is 829. The van der Waals surface area contributed by atoms with E-state index in [0.29, 0.717) is 31.7 Å². The molecule has 0 aliphatic carbocycles. The summed E-state index contributed by atoms with van der Waals surface area (Å²) in [6, 6.07) is 9.18. The normalized spacial score (nSPS) is 16.8. The van der Waals surface area contributed by atoms with Gasteiger partial charge in [-0.25, -0.2) is 4.68 Å². The number of rotatable bonds is 6. The number of carbonyl (C=O) groups excluding carboxylic acids is 2. The Morgan fingerprint density at radius 2 is 1.96 bits per heavy atom. The van der Waals surface area contributed by atoms with Gasteiger partial charge in [0, 0.05) is 25.0 Å². The molecule has 1 aromatic heterocycles. The van der Waals surface area contributed by atoms with Crippen molar-refractivity contribution in [2.75, 3.05) is 25.6 Å². The fraction of sp³-hybridized carbons (Fsp3) is 0.476. The van der Waals surface area contributed by atoms with Crippen LogP contribution in [0, 0.1) is 13.8 Å². The molecule has 0 spiro atoms. The van der Waals surface area contributed by atoms with E-state index in [1.165, 1.54) is 0 Å². The van der Waals surface area contributed by atoms with Crippen molar-refractivity contribution in [1.82, 2.24) is 14.7 Å². The monoisotopic (exact) mass is 384 g/mol. The molecule has 7 nitrogen and oxygen atoms in total. The second-order valence-corrected chi connectivity index (χ2v) is 7.22. The van der Waals surface area contributed by atoms with Crippen LogP contribution in [0.15, 0.2) is 30.3 Å². The van der Waals surface area contributed by atoms with E-state index in [2.05, 4.69) is 10.4 Å². The van der Waals surface area contributed by atoms with E-state index in [9.17, 15) is 9.59 Å². The Morgan fingerprint density at radius 3 is 2.61 bits per heavy atom. The van der Waals surface area contributed by atoms with E-state index in [1.807, 2.05) is 48.9 Å². The largest absolute Gasteiger partial charge is 0.384 e. The molecule has 0 saturated carbocycles. The van der Waals surface area contributed by atoms with Crippen molar-refractivity contribution in [1.29, 1.82) is 0 Å². The standard InChI is InChI=1S/C21H28N4O3/c1-15-14-16(2)25(23-15)18-9-7-17(8-10-18)22-21(27)19-6-4-5-12-24(19)20(26)11-13-28-3/h7-10,14,19H,4-6,11-13H2,1-3H3,(H,22,27). The molecule has 1 fully saturated rings. The molecule has 1 aromatic carbocycles. The molecule has 0 bridgehead atoms. The predicted molar refractivity (Wildman–Crippen MR) is 108 cm³/mol. The molecule has 1 aliphatic rings. The van der Waals surface area contributed by atoms with E-state index in [4.69, 9.17) is 4.74 Å². The number of ether oxygens (including phenoxy) is 1. The summed E-state index contributed by atoms with van der Waals surface area (Å²) >= 11 is 0. The molecule has 1 unspecified atom stereocenters. The lowest BCUT2D eigenvalue weighted by Crippen LogP contribution is -2.50. The first-order valence-electron chi connectivity index (χ1n) is 9.72. The Labute approximate surface area is 165 Å². The summed E-state index contributed by atoms with van der Waals surface area (Å²) in [7, 11) is 1.57. The van der Waals surface area contributed by atoms with Gasteiger partial charge in [0.15, 0.2) is 0 Å². The van der Waals surface area contributed by atoms with E-state index in [-0.39, 0.29) is 11.8 Å². The fourth-order valence-electron chi connectivity index (χ4n) is 3.64. The average Bonchev–Trinajstić information content (AvgIpc) is 3.04. The number of aromatic nitrogens is 2. The maximum Gasteiger partial charge on any atom is 0.247 e. The zero-order chi connectivity index (χ0) is 20.1. The Kier molecular flexibility index (Phi) is 6.46. The molecule has 1 aliphatic heterocycles. The lowest BCUT2D eigenvalue weighted by molar-refractivity contribution is -0.141. The zero-order valence-corrected chi connectivity index (χ0v) is 16.8. The summed E-state index contributed by atoms with van der Waals surface area (Å²) in [5.74, 6) is -0.161. The molecule has 2 amide bonds. The van der Waals surface area contributed by atoms with Gasteiger partial charge < -0.3 is 15.0 Å². The van der Waals surface area contributed by atoms with E-state index in [0.717, 1.165) is 29.9 Å². The number of carbonyl (C=O) groups is 2. The van der Waals surface area contributed by atoms with Gasteiger partial charge in [0.25, 0.3) is 0 Å². The van der Waals surface area contributed by atoms with Gasteiger partial charge in [-0.15, -0.1) is 0 Å². The molecular weight excluding hydrogens is 356 g/mol. The van der Waals surface area contributed by atoms with E-state index < -0.39 is 6.04 Å². The van der Waals surface area contributed by atoms with Gasteiger partial charge in [0.1, 0.15) is 6.04 Å². The number of methoxy groups -OCH3 is 1. The number of benzene rings is 1. The van der Waals surface area contributed by atoms with Crippen LogP contribution in [-0.2, 0) is 14.3 Å². The summed E-state index contributed by atoms with van der Waals surface area (Å²) in [5, 5.41) is 7.43. The highest BCUT2D eigenvalue weighted by atomic mass is 16.5. The SMILES string of the molecule is COCCC(=O)N1CCCCC1C(=O)Nc1ccc(-n2nc(C)cc2C)cc1. The molecule has 7 heteroatoms. The molecule has 1 atom stereocenters. The van der Waals surface area contributed by atoms with Gasteiger partial charge in [-0.1, -0.05) is 0 Å². The van der Waals surface area contributed by atoms with Crippen LogP contribution < -0.4 is 5.32 Å². The highest BCUT2D eigenvalue weighted by Crippen LogP contribution is 2.21. The summed E-state index contributed by atoms with van der Waals surface area (Å²) in [4.78, 5) is 26.9. The van der Waals surface area contributed by atoms with Crippen LogP contribution in [0.25, 0.3) is 5.69 Å². The van der Waals surface area contributed by atoms with Crippen LogP contribution in [0.4, 0.5) is 5.69 Å². The average molecular weight is 384 g/mol. The van der Waals surface area contributed by atoms with Crippen molar-refractivity contribution in [2.24, 2.45) is 0 Å². The predicted octanol–water partition coefficient (Wildman–Crippen LogP) is 2.85. The first kappa shape index (κ1) is 20.1. The topological polar surface area (TPSA) is 76.5 Å². The van der Waals surface area contributed by atoms with Crippen LogP contribution in [0.3, 0.4) is 0 Å². The van der Waals surface area contributed by atoms with Crippen molar-refractivity contribution < 1.29 is 14.3 Å².